The third kappa shape index (κ3) is 3.95. The number of nitrogens with one attached hydrogen (secondary N) is 1. The van der Waals surface area contributed by atoms with Gasteiger partial charge in [-0.15, -0.1) is 0 Å². The molecule has 0 radical (unpaired) electrons. The summed E-state index contributed by atoms with van der Waals surface area (Å²) in [6, 6.07) is 4.34. The average Bonchev–Trinajstić information content (AvgIpc) is 2.34. The summed E-state index contributed by atoms with van der Waals surface area (Å²) in [4.78, 5) is 2.52. The van der Waals surface area contributed by atoms with Crippen LogP contribution in [0.4, 0.5) is 0 Å². The Morgan fingerprint density at radius 1 is 1.16 bits per heavy atom. The number of hydrogen-bond donors (Lipinski definition) is 1. The van der Waals surface area contributed by atoms with Crippen LogP contribution in [-0.4, -0.2) is 37.2 Å². The molecule has 19 heavy (non-hydrogen) atoms. The van der Waals surface area contributed by atoms with E-state index in [-0.39, 0.29) is 6.10 Å². The Labute approximate surface area is 116 Å². The lowest BCUT2D eigenvalue weighted by atomic mass is 10.0. The molecule has 1 aliphatic heterocycles. The van der Waals surface area contributed by atoms with Gasteiger partial charge in [-0.05, 0) is 56.5 Å². The Morgan fingerprint density at radius 2 is 1.74 bits per heavy atom. The number of rotatable bonds is 4. The molecular formula is C16H26N2O. The van der Waals surface area contributed by atoms with Gasteiger partial charge in [0, 0.05) is 32.7 Å². The van der Waals surface area contributed by atoms with Crippen molar-refractivity contribution in [2.24, 2.45) is 0 Å². The highest BCUT2D eigenvalue weighted by Crippen LogP contribution is 2.24. The zero-order valence-electron chi connectivity index (χ0n) is 12.6. The Hall–Kier alpha value is -1.06. The van der Waals surface area contributed by atoms with Gasteiger partial charge >= 0.3 is 0 Å². The fraction of sp³-hybridized carbons (Fsp3) is 0.625. The van der Waals surface area contributed by atoms with Crippen molar-refractivity contribution in [3.8, 4) is 5.75 Å². The molecule has 3 nitrogen and oxygen atoms in total. The van der Waals surface area contributed by atoms with E-state index in [9.17, 15) is 0 Å². The van der Waals surface area contributed by atoms with E-state index in [0.717, 1.165) is 38.5 Å². The second kappa shape index (κ2) is 6.40. The van der Waals surface area contributed by atoms with E-state index < -0.39 is 0 Å². The summed E-state index contributed by atoms with van der Waals surface area (Å²) in [7, 11) is 0. The van der Waals surface area contributed by atoms with Gasteiger partial charge in [0.15, 0.2) is 0 Å². The van der Waals surface area contributed by atoms with Gasteiger partial charge in [-0.1, -0.05) is 0 Å². The topological polar surface area (TPSA) is 24.5 Å². The summed E-state index contributed by atoms with van der Waals surface area (Å²) in [6.07, 6.45) is 0.234. The molecule has 0 aliphatic carbocycles. The summed E-state index contributed by atoms with van der Waals surface area (Å²) in [5, 5.41) is 3.40. The maximum Gasteiger partial charge on any atom is 0.120 e. The molecule has 3 heteroatoms. The normalized spacial score (nSPS) is 16.9. The quantitative estimate of drug-likeness (QED) is 0.902. The molecule has 1 saturated heterocycles. The molecule has 1 fully saturated rings. The highest BCUT2D eigenvalue weighted by atomic mass is 16.5. The van der Waals surface area contributed by atoms with Crippen LogP contribution in [0.2, 0.25) is 0 Å². The third-order valence-electron chi connectivity index (χ3n) is 3.63. The number of ether oxygens (including phenoxy) is 1. The van der Waals surface area contributed by atoms with E-state index in [4.69, 9.17) is 4.74 Å². The maximum atomic E-state index is 5.80. The van der Waals surface area contributed by atoms with Gasteiger partial charge in [-0.2, -0.15) is 0 Å². The Balaban J connectivity index is 2.11. The molecule has 2 rings (SSSR count). The lowest BCUT2D eigenvalue weighted by Crippen LogP contribution is -2.43. The summed E-state index contributed by atoms with van der Waals surface area (Å²) in [5.74, 6) is 0.995. The predicted octanol–water partition coefficient (Wildman–Crippen LogP) is 2.50. The lowest BCUT2D eigenvalue weighted by Gasteiger charge is -2.28. The molecule has 0 saturated carbocycles. The first-order valence-electron chi connectivity index (χ1n) is 7.26. The second-order valence-corrected chi connectivity index (χ2v) is 5.73. The molecule has 1 heterocycles. The van der Waals surface area contributed by atoms with Crippen LogP contribution >= 0.6 is 0 Å². The predicted molar refractivity (Wildman–Crippen MR) is 79.8 cm³/mol. The largest absolute Gasteiger partial charge is 0.491 e. The molecule has 0 aromatic heterocycles. The SMILES string of the molecule is Cc1cc(OC(C)C)cc(C)c1CN1CCNCC1. The standard InChI is InChI=1S/C16H26N2O/c1-12(2)19-15-9-13(3)16(14(4)10-15)11-18-7-5-17-6-8-18/h9-10,12,17H,5-8,11H2,1-4H3. The lowest BCUT2D eigenvalue weighted by molar-refractivity contribution is 0.231. The Morgan fingerprint density at radius 3 is 2.26 bits per heavy atom. The number of benzene rings is 1. The molecule has 0 bridgehead atoms. The number of aryl methyl sites for hydroxylation is 2. The van der Waals surface area contributed by atoms with Crippen LogP contribution in [0.1, 0.15) is 30.5 Å². The van der Waals surface area contributed by atoms with E-state index in [1.165, 1.54) is 16.7 Å². The smallest absolute Gasteiger partial charge is 0.120 e. The van der Waals surface area contributed by atoms with Crippen molar-refractivity contribution in [1.29, 1.82) is 0 Å². The molecular weight excluding hydrogens is 236 g/mol. The molecule has 0 atom stereocenters. The first kappa shape index (κ1) is 14.4. The summed E-state index contributed by atoms with van der Waals surface area (Å²) < 4.78 is 5.80. The third-order valence-corrected chi connectivity index (χ3v) is 3.63. The zero-order chi connectivity index (χ0) is 13.8. The fourth-order valence-corrected chi connectivity index (χ4v) is 2.64. The van der Waals surface area contributed by atoms with Gasteiger partial charge < -0.3 is 10.1 Å². The monoisotopic (exact) mass is 262 g/mol. The van der Waals surface area contributed by atoms with Crippen LogP contribution in [-0.2, 0) is 6.54 Å². The van der Waals surface area contributed by atoms with Crippen molar-refractivity contribution in [2.75, 3.05) is 26.2 Å². The average molecular weight is 262 g/mol. The number of piperazine rings is 1. The van der Waals surface area contributed by atoms with Crippen molar-refractivity contribution in [2.45, 2.75) is 40.3 Å². The highest BCUT2D eigenvalue weighted by Gasteiger charge is 2.13. The molecule has 1 aliphatic rings. The van der Waals surface area contributed by atoms with E-state index in [0.29, 0.717) is 0 Å². The molecule has 0 amide bonds. The van der Waals surface area contributed by atoms with Crippen LogP contribution in [0.15, 0.2) is 12.1 Å². The van der Waals surface area contributed by atoms with Gasteiger partial charge in [-0.3, -0.25) is 4.90 Å². The molecule has 1 aromatic carbocycles. The first-order chi connectivity index (χ1) is 9.06. The van der Waals surface area contributed by atoms with Gasteiger partial charge in [0.05, 0.1) is 6.10 Å². The Bertz CT molecular complexity index is 400. The van der Waals surface area contributed by atoms with Crippen molar-refractivity contribution in [1.82, 2.24) is 10.2 Å². The van der Waals surface area contributed by atoms with Gasteiger partial charge in [0.1, 0.15) is 5.75 Å². The Kier molecular flexibility index (Phi) is 4.83. The molecule has 106 valence electrons. The van der Waals surface area contributed by atoms with Crippen molar-refractivity contribution >= 4 is 0 Å². The van der Waals surface area contributed by atoms with Gasteiger partial charge in [0.2, 0.25) is 0 Å². The van der Waals surface area contributed by atoms with Gasteiger partial charge in [0.25, 0.3) is 0 Å². The van der Waals surface area contributed by atoms with Crippen molar-refractivity contribution in [3.63, 3.8) is 0 Å². The first-order valence-corrected chi connectivity index (χ1v) is 7.26. The van der Waals surface area contributed by atoms with Gasteiger partial charge in [-0.25, -0.2) is 0 Å². The van der Waals surface area contributed by atoms with Crippen molar-refractivity contribution < 1.29 is 4.74 Å². The van der Waals surface area contributed by atoms with Crippen LogP contribution < -0.4 is 10.1 Å². The fourth-order valence-electron chi connectivity index (χ4n) is 2.64. The van der Waals surface area contributed by atoms with E-state index >= 15 is 0 Å². The zero-order valence-corrected chi connectivity index (χ0v) is 12.6. The molecule has 0 spiro atoms. The summed E-state index contributed by atoms with van der Waals surface area (Å²) in [5.41, 5.74) is 4.14. The second-order valence-electron chi connectivity index (χ2n) is 5.73. The summed E-state index contributed by atoms with van der Waals surface area (Å²) in [6.45, 7) is 14.1. The minimum Gasteiger partial charge on any atom is -0.491 e. The molecule has 0 unspecified atom stereocenters. The van der Waals surface area contributed by atoms with Crippen LogP contribution in [0.25, 0.3) is 0 Å². The summed E-state index contributed by atoms with van der Waals surface area (Å²) >= 11 is 0. The highest BCUT2D eigenvalue weighted by molar-refractivity contribution is 5.41. The van der Waals surface area contributed by atoms with E-state index in [1.807, 2.05) is 0 Å². The number of hydrogen-bond acceptors (Lipinski definition) is 3. The maximum absolute atomic E-state index is 5.80. The van der Waals surface area contributed by atoms with E-state index in [2.05, 4.69) is 50.0 Å². The van der Waals surface area contributed by atoms with E-state index in [1.54, 1.807) is 0 Å². The van der Waals surface area contributed by atoms with Crippen LogP contribution in [0.3, 0.4) is 0 Å². The minimum absolute atomic E-state index is 0.234. The van der Waals surface area contributed by atoms with Crippen LogP contribution in [0.5, 0.6) is 5.75 Å². The number of nitrogens with zero attached hydrogens (tertiary/aromatic N) is 1. The minimum atomic E-state index is 0.234. The van der Waals surface area contributed by atoms with Crippen molar-refractivity contribution in [3.05, 3.63) is 28.8 Å². The van der Waals surface area contributed by atoms with Crippen LogP contribution in [0, 0.1) is 13.8 Å². The molecule has 1 N–H and O–H groups in total. The molecule has 1 aromatic rings.